The van der Waals surface area contributed by atoms with Gasteiger partial charge in [-0.05, 0) is 143 Å². The highest BCUT2D eigenvalue weighted by Gasteiger charge is 2.52. The molecule has 0 fully saturated rings. The molecule has 3 aliphatic carbocycles. The first-order valence-corrected chi connectivity index (χ1v) is 18.7. The number of allylic oxidation sites excluding steroid dienone is 3. The minimum absolute atomic E-state index is 0.492. The minimum atomic E-state index is -0.492. The van der Waals surface area contributed by atoms with E-state index in [1.165, 1.54) is 72.7 Å². The minimum Gasteiger partial charge on any atom is -0.311 e. The van der Waals surface area contributed by atoms with E-state index in [-0.39, 0.29) is 0 Å². The Hall–Kier alpha value is -6.38. The summed E-state index contributed by atoms with van der Waals surface area (Å²) in [6.07, 6.45) is 6.91. The third kappa shape index (κ3) is 4.86. The predicted molar refractivity (Wildman–Crippen MR) is 222 cm³/mol. The molecule has 0 radical (unpaired) electrons. The molecule has 254 valence electrons. The molecule has 3 aliphatic rings. The van der Waals surface area contributed by atoms with Crippen molar-refractivity contribution in [2.45, 2.75) is 32.1 Å². The molecule has 7 aromatic rings. The first-order valence-electron chi connectivity index (χ1n) is 18.7. The van der Waals surface area contributed by atoms with E-state index >= 15 is 0 Å². The molecular formula is C51H40N2. The average Bonchev–Trinajstić information content (AvgIpc) is 3.66. The highest BCUT2D eigenvalue weighted by Crippen LogP contribution is 2.64. The van der Waals surface area contributed by atoms with Crippen molar-refractivity contribution in [1.29, 1.82) is 0 Å². The van der Waals surface area contributed by atoms with Gasteiger partial charge in [0.15, 0.2) is 0 Å². The summed E-state index contributed by atoms with van der Waals surface area (Å²) in [7, 11) is 0. The molecule has 2 heteroatoms. The van der Waals surface area contributed by atoms with Crippen molar-refractivity contribution in [3.05, 3.63) is 221 Å². The molecule has 0 atom stereocenters. The summed E-state index contributed by atoms with van der Waals surface area (Å²) in [5.41, 5.74) is 19.7. The second-order valence-electron chi connectivity index (χ2n) is 14.6. The molecule has 2 nitrogen and oxygen atoms in total. The second kappa shape index (κ2) is 12.4. The van der Waals surface area contributed by atoms with Gasteiger partial charge in [0, 0.05) is 34.1 Å². The Morgan fingerprint density at radius 1 is 0.415 bits per heavy atom. The predicted octanol–water partition coefficient (Wildman–Crippen LogP) is 13.6. The van der Waals surface area contributed by atoms with Crippen LogP contribution in [0.3, 0.4) is 0 Å². The Morgan fingerprint density at radius 3 is 1.49 bits per heavy atom. The lowest BCUT2D eigenvalue weighted by Crippen LogP contribution is -2.27. The molecule has 0 bridgehead atoms. The molecular weight excluding hydrogens is 641 g/mol. The maximum atomic E-state index is 2.50. The topological polar surface area (TPSA) is 6.48 Å². The Labute approximate surface area is 312 Å². The fourth-order valence-corrected chi connectivity index (χ4v) is 9.20. The van der Waals surface area contributed by atoms with Crippen LogP contribution in [-0.4, -0.2) is 0 Å². The quantitative estimate of drug-likeness (QED) is 0.172. The third-order valence-corrected chi connectivity index (χ3v) is 11.4. The van der Waals surface area contributed by atoms with Crippen LogP contribution in [0.5, 0.6) is 0 Å². The summed E-state index contributed by atoms with van der Waals surface area (Å²) in [5, 5.41) is 0. The van der Waals surface area contributed by atoms with E-state index in [2.05, 4.69) is 206 Å². The smallest absolute Gasteiger partial charge is 0.0727 e. The van der Waals surface area contributed by atoms with Crippen molar-refractivity contribution < 1.29 is 0 Å². The summed E-state index contributed by atoms with van der Waals surface area (Å²) in [6.45, 7) is 4.42. The Kier molecular flexibility index (Phi) is 7.33. The van der Waals surface area contributed by atoms with E-state index in [0.717, 1.165) is 29.9 Å². The molecule has 7 aromatic carbocycles. The van der Waals surface area contributed by atoms with E-state index in [0.29, 0.717) is 0 Å². The maximum absolute atomic E-state index is 2.50. The molecule has 0 aromatic heterocycles. The first kappa shape index (κ1) is 31.4. The SMILES string of the molecule is CC1=CC(N(c2ccccc2)c2ccc3c(c2)C2(c4ccccc4-c4ccccc42)c2cc(N(c4ccccc4)c4cccc(C)c4)ccc2-3)=CCC1. The molecule has 0 aliphatic heterocycles. The first-order chi connectivity index (χ1) is 26.1. The molecule has 0 N–H and O–H groups in total. The summed E-state index contributed by atoms with van der Waals surface area (Å²) in [5.74, 6) is 0. The van der Waals surface area contributed by atoms with Gasteiger partial charge in [-0.3, -0.25) is 0 Å². The fourth-order valence-electron chi connectivity index (χ4n) is 9.20. The fraction of sp³-hybridized carbons (Fsp3) is 0.0980. The van der Waals surface area contributed by atoms with Crippen LogP contribution in [0.25, 0.3) is 22.3 Å². The molecule has 1 spiro atoms. The van der Waals surface area contributed by atoms with Crippen LogP contribution < -0.4 is 9.80 Å². The zero-order valence-electron chi connectivity index (χ0n) is 30.1. The van der Waals surface area contributed by atoms with Gasteiger partial charge in [-0.2, -0.15) is 0 Å². The summed E-state index contributed by atoms with van der Waals surface area (Å²) < 4.78 is 0. The van der Waals surface area contributed by atoms with Crippen molar-refractivity contribution >= 4 is 28.4 Å². The van der Waals surface area contributed by atoms with Crippen molar-refractivity contribution in [3.63, 3.8) is 0 Å². The normalized spacial score (nSPS) is 14.5. The van der Waals surface area contributed by atoms with Gasteiger partial charge in [0.25, 0.3) is 0 Å². The summed E-state index contributed by atoms with van der Waals surface area (Å²) >= 11 is 0. The average molecular weight is 681 g/mol. The van der Waals surface area contributed by atoms with Crippen LogP contribution in [0.2, 0.25) is 0 Å². The van der Waals surface area contributed by atoms with Gasteiger partial charge in [0.05, 0.1) is 5.41 Å². The molecule has 0 heterocycles. The van der Waals surface area contributed by atoms with Gasteiger partial charge in [-0.25, -0.2) is 0 Å². The van der Waals surface area contributed by atoms with Crippen LogP contribution in [-0.2, 0) is 5.41 Å². The van der Waals surface area contributed by atoms with Crippen molar-refractivity contribution in [2.24, 2.45) is 0 Å². The Balaban J connectivity index is 1.25. The van der Waals surface area contributed by atoms with Gasteiger partial charge >= 0.3 is 0 Å². The lowest BCUT2D eigenvalue weighted by atomic mass is 9.70. The number of fused-ring (bicyclic) bond motifs is 10. The van der Waals surface area contributed by atoms with Gasteiger partial charge in [0.1, 0.15) is 0 Å². The van der Waals surface area contributed by atoms with Gasteiger partial charge in [-0.1, -0.05) is 121 Å². The Morgan fingerprint density at radius 2 is 0.906 bits per heavy atom. The van der Waals surface area contributed by atoms with E-state index in [9.17, 15) is 0 Å². The lowest BCUT2D eigenvalue weighted by Gasteiger charge is -2.33. The molecule has 0 saturated heterocycles. The van der Waals surface area contributed by atoms with Crippen LogP contribution in [0.4, 0.5) is 28.4 Å². The second-order valence-corrected chi connectivity index (χ2v) is 14.6. The molecule has 10 rings (SSSR count). The summed E-state index contributed by atoms with van der Waals surface area (Å²) in [6, 6.07) is 63.0. The number of benzene rings is 7. The third-order valence-electron chi connectivity index (χ3n) is 11.4. The zero-order chi connectivity index (χ0) is 35.5. The number of aryl methyl sites for hydroxylation is 1. The number of hydrogen-bond acceptors (Lipinski definition) is 2. The van der Waals surface area contributed by atoms with Crippen LogP contribution in [0.1, 0.15) is 47.6 Å². The molecule has 0 saturated carbocycles. The van der Waals surface area contributed by atoms with Gasteiger partial charge in [0.2, 0.25) is 0 Å². The zero-order valence-corrected chi connectivity index (χ0v) is 30.1. The van der Waals surface area contributed by atoms with Crippen LogP contribution >= 0.6 is 0 Å². The van der Waals surface area contributed by atoms with Gasteiger partial charge < -0.3 is 9.80 Å². The summed E-state index contributed by atoms with van der Waals surface area (Å²) in [4.78, 5) is 4.86. The molecule has 0 unspecified atom stereocenters. The van der Waals surface area contributed by atoms with Crippen LogP contribution in [0.15, 0.2) is 193 Å². The van der Waals surface area contributed by atoms with Crippen molar-refractivity contribution in [1.82, 2.24) is 0 Å². The number of nitrogens with zero attached hydrogens (tertiary/aromatic N) is 2. The van der Waals surface area contributed by atoms with Crippen molar-refractivity contribution in [2.75, 3.05) is 9.80 Å². The molecule has 53 heavy (non-hydrogen) atoms. The van der Waals surface area contributed by atoms with E-state index in [4.69, 9.17) is 0 Å². The maximum Gasteiger partial charge on any atom is 0.0727 e. The van der Waals surface area contributed by atoms with Crippen LogP contribution in [0, 0.1) is 6.92 Å². The number of rotatable bonds is 6. The Bertz CT molecular complexity index is 2550. The van der Waals surface area contributed by atoms with Crippen molar-refractivity contribution in [3.8, 4) is 22.3 Å². The largest absolute Gasteiger partial charge is 0.311 e. The highest BCUT2D eigenvalue weighted by molar-refractivity contribution is 5.97. The van der Waals surface area contributed by atoms with E-state index in [1.54, 1.807) is 0 Å². The van der Waals surface area contributed by atoms with E-state index in [1.807, 2.05) is 0 Å². The lowest BCUT2D eigenvalue weighted by molar-refractivity contribution is 0.793. The van der Waals surface area contributed by atoms with Gasteiger partial charge in [-0.15, -0.1) is 0 Å². The number of hydrogen-bond donors (Lipinski definition) is 0. The number of para-hydroxylation sites is 2. The van der Waals surface area contributed by atoms with E-state index < -0.39 is 5.41 Å². The molecule has 0 amide bonds. The monoisotopic (exact) mass is 680 g/mol. The standard InChI is InChI=1S/C51H40N2/c1-35-15-13-21-39(31-35)52(37-17-5-3-6-18-37)41-27-29-45-46-30-28-42(53(38-19-7-4-8-20-38)40-22-14-16-36(2)32-40)34-50(46)51(49(45)33-41)47-25-11-9-23-43(47)44-24-10-12-26-48(44)51/h3-13,15,17-34H,14,16H2,1-2H3. The highest BCUT2D eigenvalue weighted by atomic mass is 15.2. The number of anilines is 5.